The Labute approximate surface area is 144 Å². The molecule has 1 heterocycles. The number of aryl methyl sites for hydroxylation is 1. The van der Waals surface area contributed by atoms with Crippen molar-refractivity contribution in [3.63, 3.8) is 0 Å². The molecular formula is C18H16ClNO4. The van der Waals surface area contributed by atoms with Crippen LogP contribution in [0.5, 0.6) is 5.75 Å². The Kier molecular flexibility index (Phi) is 4.71. The first-order valence-corrected chi connectivity index (χ1v) is 7.98. The number of phenolic OH excluding ortho intramolecular Hbond substituents is 1. The molecule has 24 heavy (non-hydrogen) atoms. The van der Waals surface area contributed by atoms with Crippen LogP contribution in [0, 0.1) is 0 Å². The number of halogens is 1. The van der Waals surface area contributed by atoms with Gasteiger partial charge in [0.2, 0.25) is 0 Å². The maximum atomic E-state index is 12.4. The highest BCUT2D eigenvalue weighted by Crippen LogP contribution is 2.27. The molecule has 0 unspecified atom stereocenters. The number of amides is 1. The van der Waals surface area contributed by atoms with Gasteiger partial charge in [-0.15, -0.1) is 0 Å². The second-order valence-electron chi connectivity index (χ2n) is 5.52. The van der Waals surface area contributed by atoms with E-state index in [-0.39, 0.29) is 23.8 Å². The van der Waals surface area contributed by atoms with Crippen LogP contribution in [0.4, 0.5) is 5.69 Å². The maximum absolute atomic E-state index is 12.4. The van der Waals surface area contributed by atoms with Gasteiger partial charge in [-0.3, -0.25) is 4.79 Å². The lowest BCUT2D eigenvalue weighted by molar-refractivity contribution is -0.121. The highest BCUT2D eigenvalue weighted by Gasteiger charge is 2.23. The predicted molar refractivity (Wildman–Crippen MR) is 90.5 cm³/mol. The summed E-state index contributed by atoms with van der Waals surface area (Å²) in [7, 11) is 0. The van der Waals surface area contributed by atoms with E-state index in [1.54, 1.807) is 4.90 Å². The Morgan fingerprint density at radius 2 is 2.00 bits per heavy atom. The van der Waals surface area contributed by atoms with Crippen molar-refractivity contribution in [3.05, 3.63) is 58.6 Å². The van der Waals surface area contributed by atoms with Crippen molar-refractivity contribution in [2.24, 2.45) is 0 Å². The van der Waals surface area contributed by atoms with Crippen LogP contribution in [-0.4, -0.2) is 30.1 Å². The lowest BCUT2D eigenvalue weighted by Gasteiger charge is -2.29. The molecule has 1 aliphatic heterocycles. The number of ether oxygens (including phenoxy) is 1. The van der Waals surface area contributed by atoms with Gasteiger partial charge >= 0.3 is 5.97 Å². The summed E-state index contributed by atoms with van der Waals surface area (Å²) in [5.74, 6) is -1.32. The number of carbonyl (C=O) groups is 2. The van der Waals surface area contributed by atoms with E-state index in [0.717, 1.165) is 24.1 Å². The number of esters is 1. The highest BCUT2D eigenvalue weighted by atomic mass is 35.5. The molecule has 0 fully saturated rings. The topological polar surface area (TPSA) is 66.8 Å². The molecule has 0 saturated heterocycles. The Morgan fingerprint density at radius 1 is 1.21 bits per heavy atom. The molecule has 1 aliphatic rings. The average molecular weight is 346 g/mol. The summed E-state index contributed by atoms with van der Waals surface area (Å²) in [5.41, 5.74) is 1.95. The van der Waals surface area contributed by atoms with Crippen LogP contribution in [0.3, 0.4) is 0 Å². The van der Waals surface area contributed by atoms with E-state index in [2.05, 4.69) is 0 Å². The fraction of sp³-hybridized carbons (Fsp3) is 0.222. The molecule has 1 amide bonds. The zero-order valence-corrected chi connectivity index (χ0v) is 13.6. The first kappa shape index (κ1) is 16.3. The van der Waals surface area contributed by atoms with Gasteiger partial charge in [0.05, 0.1) is 0 Å². The molecule has 2 aromatic carbocycles. The number of aromatic hydroxyl groups is 1. The quantitative estimate of drug-likeness (QED) is 0.868. The largest absolute Gasteiger partial charge is 0.507 e. The third-order valence-electron chi connectivity index (χ3n) is 3.92. The number of hydrogen-bond donors (Lipinski definition) is 1. The number of para-hydroxylation sites is 1. The van der Waals surface area contributed by atoms with Crippen LogP contribution >= 0.6 is 11.6 Å². The molecule has 0 atom stereocenters. The second kappa shape index (κ2) is 6.93. The first-order chi connectivity index (χ1) is 11.6. The van der Waals surface area contributed by atoms with E-state index < -0.39 is 5.97 Å². The van der Waals surface area contributed by atoms with Gasteiger partial charge in [-0.2, -0.15) is 0 Å². The summed E-state index contributed by atoms with van der Waals surface area (Å²) in [6.45, 7) is 0.217. The summed E-state index contributed by atoms with van der Waals surface area (Å²) in [4.78, 5) is 26.0. The molecule has 0 radical (unpaired) electrons. The Morgan fingerprint density at radius 3 is 2.79 bits per heavy atom. The zero-order valence-electron chi connectivity index (χ0n) is 12.9. The smallest absolute Gasteiger partial charge is 0.342 e. The van der Waals surface area contributed by atoms with Gasteiger partial charge in [0.25, 0.3) is 5.91 Å². The molecule has 1 N–H and O–H groups in total. The normalized spacial score (nSPS) is 13.3. The minimum atomic E-state index is -0.761. The van der Waals surface area contributed by atoms with Crippen LogP contribution in [0.1, 0.15) is 22.3 Å². The van der Waals surface area contributed by atoms with E-state index in [1.807, 2.05) is 24.3 Å². The van der Waals surface area contributed by atoms with E-state index in [0.29, 0.717) is 11.6 Å². The minimum Gasteiger partial charge on any atom is -0.507 e. The SMILES string of the molecule is O=C(OCC(=O)N1CCCc2ccccc21)c1ccc(Cl)cc1O. The Balaban J connectivity index is 1.67. The average Bonchev–Trinajstić information content (AvgIpc) is 2.59. The van der Waals surface area contributed by atoms with Gasteiger partial charge in [-0.1, -0.05) is 29.8 Å². The van der Waals surface area contributed by atoms with Crippen molar-refractivity contribution in [3.8, 4) is 5.75 Å². The summed E-state index contributed by atoms with van der Waals surface area (Å²) in [5, 5.41) is 10.0. The lowest BCUT2D eigenvalue weighted by Crippen LogP contribution is -2.38. The third-order valence-corrected chi connectivity index (χ3v) is 4.15. The standard InChI is InChI=1S/C18H16ClNO4/c19-13-7-8-14(16(21)10-13)18(23)24-11-17(22)20-9-3-5-12-4-1-2-6-15(12)20/h1-2,4,6-8,10,21H,3,5,9,11H2. The van der Waals surface area contributed by atoms with Crippen LogP contribution in [0.15, 0.2) is 42.5 Å². The van der Waals surface area contributed by atoms with Gasteiger partial charge < -0.3 is 14.7 Å². The highest BCUT2D eigenvalue weighted by molar-refractivity contribution is 6.30. The molecule has 124 valence electrons. The van der Waals surface area contributed by atoms with Gasteiger partial charge in [-0.05, 0) is 42.7 Å². The zero-order chi connectivity index (χ0) is 17.1. The van der Waals surface area contributed by atoms with Crippen molar-refractivity contribution in [1.82, 2.24) is 0 Å². The van der Waals surface area contributed by atoms with E-state index in [4.69, 9.17) is 16.3 Å². The van der Waals surface area contributed by atoms with Crippen molar-refractivity contribution in [1.29, 1.82) is 0 Å². The summed E-state index contributed by atoms with van der Waals surface area (Å²) in [6, 6.07) is 11.8. The maximum Gasteiger partial charge on any atom is 0.342 e. The second-order valence-corrected chi connectivity index (χ2v) is 5.95. The van der Waals surface area contributed by atoms with Crippen LogP contribution < -0.4 is 4.90 Å². The number of nitrogens with zero attached hydrogens (tertiary/aromatic N) is 1. The van der Waals surface area contributed by atoms with E-state index in [9.17, 15) is 14.7 Å². The Bertz CT molecular complexity index is 790. The van der Waals surface area contributed by atoms with E-state index in [1.165, 1.54) is 18.2 Å². The monoisotopic (exact) mass is 345 g/mol. The van der Waals surface area contributed by atoms with Crippen molar-refractivity contribution in [2.45, 2.75) is 12.8 Å². The van der Waals surface area contributed by atoms with Crippen LogP contribution in [0.2, 0.25) is 5.02 Å². The first-order valence-electron chi connectivity index (χ1n) is 7.60. The molecule has 0 aliphatic carbocycles. The minimum absolute atomic E-state index is 0.0220. The fourth-order valence-electron chi connectivity index (χ4n) is 2.75. The van der Waals surface area contributed by atoms with Crippen LogP contribution in [-0.2, 0) is 16.0 Å². The predicted octanol–water partition coefficient (Wildman–Crippen LogP) is 3.18. The van der Waals surface area contributed by atoms with Gasteiger partial charge in [0, 0.05) is 17.3 Å². The molecule has 6 heteroatoms. The summed E-state index contributed by atoms with van der Waals surface area (Å²) >= 11 is 5.73. The molecular weight excluding hydrogens is 330 g/mol. The van der Waals surface area contributed by atoms with Gasteiger partial charge in [0.15, 0.2) is 6.61 Å². The number of carbonyl (C=O) groups excluding carboxylic acids is 2. The number of rotatable bonds is 3. The summed E-state index contributed by atoms with van der Waals surface area (Å²) in [6.07, 6.45) is 1.80. The van der Waals surface area contributed by atoms with Crippen molar-refractivity contribution >= 4 is 29.2 Å². The van der Waals surface area contributed by atoms with Gasteiger partial charge in [-0.25, -0.2) is 4.79 Å². The third kappa shape index (κ3) is 3.36. The van der Waals surface area contributed by atoms with Crippen molar-refractivity contribution < 1.29 is 19.4 Å². The number of fused-ring (bicyclic) bond motifs is 1. The number of phenols is 1. The molecule has 2 aromatic rings. The molecule has 5 nitrogen and oxygen atoms in total. The molecule has 0 bridgehead atoms. The molecule has 0 saturated carbocycles. The van der Waals surface area contributed by atoms with E-state index >= 15 is 0 Å². The number of anilines is 1. The van der Waals surface area contributed by atoms with Crippen LogP contribution in [0.25, 0.3) is 0 Å². The fourth-order valence-corrected chi connectivity index (χ4v) is 2.92. The Hall–Kier alpha value is -2.53. The summed E-state index contributed by atoms with van der Waals surface area (Å²) < 4.78 is 5.05. The number of hydrogen-bond acceptors (Lipinski definition) is 4. The molecule has 0 spiro atoms. The molecule has 0 aromatic heterocycles. The lowest BCUT2D eigenvalue weighted by atomic mass is 10.0. The number of benzene rings is 2. The van der Waals surface area contributed by atoms with Gasteiger partial charge in [0.1, 0.15) is 11.3 Å². The van der Waals surface area contributed by atoms with Crippen molar-refractivity contribution in [2.75, 3.05) is 18.1 Å². The molecule has 3 rings (SSSR count).